The lowest BCUT2D eigenvalue weighted by atomic mass is 10.1. The Bertz CT molecular complexity index is 468. The number of aryl methyl sites for hydroxylation is 2. The van der Waals surface area contributed by atoms with Gasteiger partial charge in [0, 0.05) is 24.8 Å². The van der Waals surface area contributed by atoms with Gasteiger partial charge < -0.3 is 5.73 Å². The first-order chi connectivity index (χ1) is 7.74. The van der Waals surface area contributed by atoms with Crippen molar-refractivity contribution in [2.45, 2.75) is 26.9 Å². The Hall–Kier alpha value is -1.61. The van der Waals surface area contributed by atoms with Crippen LogP contribution < -0.4 is 5.73 Å². The third-order valence-corrected chi connectivity index (χ3v) is 2.77. The van der Waals surface area contributed by atoms with Crippen molar-refractivity contribution in [3.63, 3.8) is 0 Å². The third kappa shape index (κ3) is 1.99. The Labute approximate surface area is 95.9 Å². The molecular formula is C13H17N3. The lowest BCUT2D eigenvalue weighted by Crippen LogP contribution is -1.95. The molecule has 0 bridgehead atoms. The Kier molecular flexibility index (Phi) is 3.06. The van der Waals surface area contributed by atoms with Crippen LogP contribution in [0, 0.1) is 6.92 Å². The zero-order chi connectivity index (χ0) is 11.5. The van der Waals surface area contributed by atoms with Crippen molar-refractivity contribution in [1.82, 2.24) is 9.78 Å². The number of rotatable bonds is 3. The maximum atomic E-state index is 5.58. The highest BCUT2D eigenvalue weighted by Gasteiger charge is 2.06. The Morgan fingerprint density at radius 1 is 1.25 bits per heavy atom. The van der Waals surface area contributed by atoms with E-state index in [2.05, 4.69) is 42.5 Å². The molecule has 84 valence electrons. The smallest absolute Gasteiger partial charge is 0.0672 e. The van der Waals surface area contributed by atoms with E-state index in [4.69, 9.17) is 5.73 Å². The summed E-state index contributed by atoms with van der Waals surface area (Å²) in [5, 5.41) is 4.44. The van der Waals surface area contributed by atoms with Crippen LogP contribution in [0.2, 0.25) is 0 Å². The quantitative estimate of drug-likeness (QED) is 0.854. The van der Waals surface area contributed by atoms with Gasteiger partial charge >= 0.3 is 0 Å². The molecule has 2 rings (SSSR count). The van der Waals surface area contributed by atoms with E-state index in [9.17, 15) is 0 Å². The van der Waals surface area contributed by atoms with Gasteiger partial charge in [-0.05, 0) is 25.0 Å². The molecule has 16 heavy (non-hydrogen) atoms. The maximum absolute atomic E-state index is 5.58. The van der Waals surface area contributed by atoms with Gasteiger partial charge in [-0.1, -0.05) is 24.3 Å². The highest BCUT2D eigenvalue weighted by molar-refractivity contribution is 5.65. The van der Waals surface area contributed by atoms with E-state index < -0.39 is 0 Å². The minimum atomic E-state index is 0.591. The first kappa shape index (κ1) is 10.9. The molecule has 2 aromatic rings. The van der Waals surface area contributed by atoms with Crippen molar-refractivity contribution >= 4 is 0 Å². The molecule has 1 aromatic carbocycles. The Morgan fingerprint density at radius 2 is 1.94 bits per heavy atom. The fourth-order valence-corrected chi connectivity index (χ4v) is 1.78. The molecule has 0 aliphatic heterocycles. The van der Waals surface area contributed by atoms with Crippen LogP contribution in [0.25, 0.3) is 11.1 Å². The summed E-state index contributed by atoms with van der Waals surface area (Å²) in [6.45, 7) is 5.63. The van der Waals surface area contributed by atoms with Crippen molar-refractivity contribution in [3.05, 3.63) is 41.7 Å². The van der Waals surface area contributed by atoms with Crippen LogP contribution in [-0.4, -0.2) is 9.78 Å². The molecule has 0 amide bonds. The number of nitrogens with zero attached hydrogens (tertiary/aromatic N) is 2. The molecule has 0 saturated carbocycles. The third-order valence-electron chi connectivity index (χ3n) is 2.77. The summed E-state index contributed by atoms with van der Waals surface area (Å²) in [7, 11) is 0. The second-order valence-corrected chi connectivity index (χ2v) is 3.88. The van der Waals surface area contributed by atoms with E-state index in [1.54, 1.807) is 0 Å². The van der Waals surface area contributed by atoms with Gasteiger partial charge in [-0.2, -0.15) is 5.10 Å². The largest absolute Gasteiger partial charge is 0.326 e. The lowest BCUT2D eigenvalue weighted by molar-refractivity contribution is 0.653. The number of aromatic nitrogens is 2. The van der Waals surface area contributed by atoms with Gasteiger partial charge in [-0.3, -0.25) is 4.68 Å². The average molecular weight is 215 g/mol. The van der Waals surface area contributed by atoms with E-state index in [-0.39, 0.29) is 0 Å². The van der Waals surface area contributed by atoms with Crippen molar-refractivity contribution in [1.29, 1.82) is 0 Å². The summed E-state index contributed by atoms with van der Waals surface area (Å²) >= 11 is 0. The summed E-state index contributed by atoms with van der Waals surface area (Å²) in [4.78, 5) is 0. The van der Waals surface area contributed by atoms with E-state index in [1.807, 2.05) is 11.6 Å². The normalized spacial score (nSPS) is 10.7. The second-order valence-electron chi connectivity index (χ2n) is 3.88. The van der Waals surface area contributed by atoms with Crippen molar-refractivity contribution < 1.29 is 0 Å². The van der Waals surface area contributed by atoms with Gasteiger partial charge in [0.25, 0.3) is 0 Å². The lowest BCUT2D eigenvalue weighted by Gasteiger charge is -2.00. The van der Waals surface area contributed by atoms with Crippen LogP contribution in [0.3, 0.4) is 0 Å². The summed E-state index contributed by atoms with van der Waals surface area (Å²) in [6.07, 6.45) is 2.09. The predicted molar refractivity (Wildman–Crippen MR) is 66.0 cm³/mol. The van der Waals surface area contributed by atoms with Crippen molar-refractivity contribution in [2.75, 3.05) is 0 Å². The van der Waals surface area contributed by atoms with Gasteiger partial charge in [0.2, 0.25) is 0 Å². The van der Waals surface area contributed by atoms with Gasteiger partial charge in [-0.15, -0.1) is 0 Å². The molecule has 0 spiro atoms. The molecule has 3 nitrogen and oxygen atoms in total. The van der Waals surface area contributed by atoms with Crippen LogP contribution in [-0.2, 0) is 13.1 Å². The van der Waals surface area contributed by atoms with Gasteiger partial charge in [-0.25, -0.2) is 0 Å². The molecule has 0 saturated heterocycles. The van der Waals surface area contributed by atoms with E-state index >= 15 is 0 Å². The topological polar surface area (TPSA) is 43.8 Å². The number of nitrogens with two attached hydrogens (primary N) is 1. The number of hydrogen-bond acceptors (Lipinski definition) is 2. The van der Waals surface area contributed by atoms with Crippen LogP contribution >= 0.6 is 0 Å². The summed E-state index contributed by atoms with van der Waals surface area (Å²) in [6, 6.07) is 8.34. The first-order valence-electron chi connectivity index (χ1n) is 5.58. The second kappa shape index (κ2) is 4.49. The first-order valence-corrected chi connectivity index (χ1v) is 5.58. The molecule has 0 atom stereocenters. The minimum Gasteiger partial charge on any atom is -0.326 e. The number of benzene rings is 1. The number of hydrogen-bond donors (Lipinski definition) is 1. The maximum Gasteiger partial charge on any atom is 0.0672 e. The van der Waals surface area contributed by atoms with Crippen LogP contribution in [0.15, 0.2) is 30.5 Å². The van der Waals surface area contributed by atoms with Crippen LogP contribution in [0.1, 0.15) is 18.2 Å². The fraction of sp³-hybridized carbons (Fsp3) is 0.308. The van der Waals surface area contributed by atoms with Crippen LogP contribution in [0.5, 0.6) is 0 Å². The minimum absolute atomic E-state index is 0.591. The zero-order valence-corrected chi connectivity index (χ0v) is 9.77. The molecule has 0 aliphatic rings. The highest BCUT2D eigenvalue weighted by atomic mass is 15.3. The molecule has 1 heterocycles. The molecule has 0 radical (unpaired) electrons. The van der Waals surface area contributed by atoms with E-state index in [0.717, 1.165) is 17.8 Å². The Morgan fingerprint density at radius 3 is 2.44 bits per heavy atom. The van der Waals surface area contributed by atoms with Gasteiger partial charge in [0.15, 0.2) is 0 Å². The molecule has 1 aromatic heterocycles. The summed E-state index contributed by atoms with van der Waals surface area (Å²) < 4.78 is 1.96. The summed E-state index contributed by atoms with van der Waals surface area (Å²) in [5.74, 6) is 0. The molecule has 0 aliphatic carbocycles. The van der Waals surface area contributed by atoms with E-state index in [0.29, 0.717) is 6.54 Å². The standard InChI is InChI=1S/C13H17N3/c1-3-16-9-13(10(2)15-16)12-6-4-11(8-14)5-7-12/h4-7,9H,3,8,14H2,1-2H3. The Balaban J connectivity index is 2.38. The van der Waals surface area contributed by atoms with Gasteiger partial charge in [0.1, 0.15) is 0 Å². The zero-order valence-electron chi connectivity index (χ0n) is 9.77. The fourth-order valence-electron chi connectivity index (χ4n) is 1.78. The highest BCUT2D eigenvalue weighted by Crippen LogP contribution is 2.22. The molecular weight excluding hydrogens is 198 g/mol. The molecule has 2 N–H and O–H groups in total. The van der Waals surface area contributed by atoms with Crippen molar-refractivity contribution in [3.8, 4) is 11.1 Å². The molecule has 0 fully saturated rings. The van der Waals surface area contributed by atoms with Crippen LogP contribution in [0.4, 0.5) is 0 Å². The average Bonchev–Trinajstić information content (AvgIpc) is 2.71. The molecule has 0 unspecified atom stereocenters. The monoisotopic (exact) mass is 215 g/mol. The molecule has 3 heteroatoms. The summed E-state index contributed by atoms with van der Waals surface area (Å²) in [5.41, 5.74) is 10.2. The van der Waals surface area contributed by atoms with Crippen molar-refractivity contribution in [2.24, 2.45) is 5.73 Å². The SMILES string of the molecule is CCn1cc(-c2ccc(CN)cc2)c(C)n1. The van der Waals surface area contributed by atoms with Gasteiger partial charge in [0.05, 0.1) is 5.69 Å². The predicted octanol–water partition coefficient (Wildman–Crippen LogP) is 2.34. The van der Waals surface area contributed by atoms with E-state index in [1.165, 1.54) is 11.1 Å².